The van der Waals surface area contributed by atoms with Gasteiger partial charge in [0.2, 0.25) is 0 Å². The average Bonchev–Trinajstić information content (AvgIpc) is 2.10. The minimum atomic E-state index is -0.303. The summed E-state index contributed by atoms with van der Waals surface area (Å²) in [6.45, 7) is 6.06. The molecular formula is C9H16O2. The van der Waals surface area contributed by atoms with Gasteiger partial charge in [0, 0.05) is 6.42 Å². The molecule has 0 radical (unpaired) electrons. The summed E-state index contributed by atoms with van der Waals surface area (Å²) >= 11 is 0. The third-order valence-corrected chi connectivity index (χ3v) is 1.53. The first-order valence-corrected chi connectivity index (χ1v) is 4.01. The number of hydrogen-bond donors (Lipinski definition) is 1. The summed E-state index contributed by atoms with van der Waals surface area (Å²) in [6, 6.07) is 0. The van der Waals surface area contributed by atoms with Crippen molar-refractivity contribution in [3.63, 3.8) is 0 Å². The molecule has 0 aromatic rings. The quantitative estimate of drug-likeness (QED) is 0.583. The van der Waals surface area contributed by atoms with Crippen LogP contribution in [-0.4, -0.2) is 22.9 Å². The van der Waals surface area contributed by atoms with Gasteiger partial charge in [-0.05, 0) is 20.8 Å². The molecule has 0 unspecified atom stereocenters. The van der Waals surface area contributed by atoms with Crippen LogP contribution in [0.2, 0.25) is 0 Å². The third kappa shape index (κ3) is 3.04. The van der Waals surface area contributed by atoms with Crippen LogP contribution in [0.1, 0.15) is 27.2 Å². The standard InChI is InChI=1S/C9H16O2/c1-9(2,3)11-8-5-4-7(10)6-8/h4-5,7-8,10H,6H2,1-3H3/t7-,8+/m0/s1. The predicted molar refractivity (Wildman–Crippen MR) is 44.4 cm³/mol. The highest BCUT2D eigenvalue weighted by Crippen LogP contribution is 2.20. The van der Waals surface area contributed by atoms with Crippen LogP contribution in [-0.2, 0) is 4.74 Å². The Morgan fingerprint density at radius 2 is 2.00 bits per heavy atom. The fourth-order valence-electron chi connectivity index (χ4n) is 1.19. The maximum Gasteiger partial charge on any atom is 0.0791 e. The molecule has 0 amide bonds. The van der Waals surface area contributed by atoms with Crippen molar-refractivity contribution in [3.05, 3.63) is 12.2 Å². The van der Waals surface area contributed by atoms with Gasteiger partial charge in [-0.1, -0.05) is 12.2 Å². The minimum Gasteiger partial charge on any atom is -0.389 e. The van der Waals surface area contributed by atoms with Gasteiger partial charge in [0.05, 0.1) is 17.8 Å². The zero-order valence-corrected chi connectivity index (χ0v) is 7.37. The summed E-state index contributed by atoms with van der Waals surface area (Å²) < 4.78 is 5.62. The molecule has 11 heavy (non-hydrogen) atoms. The van der Waals surface area contributed by atoms with Gasteiger partial charge in [-0.25, -0.2) is 0 Å². The second-order valence-corrected chi connectivity index (χ2v) is 3.96. The van der Waals surface area contributed by atoms with Crippen LogP contribution in [0.25, 0.3) is 0 Å². The van der Waals surface area contributed by atoms with E-state index in [2.05, 4.69) is 0 Å². The highest BCUT2D eigenvalue weighted by atomic mass is 16.5. The van der Waals surface area contributed by atoms with E-state index in [1.54, 1.807) is 6.08 Å². The Morgan fingerprint density at radius 3 is 2.36 bits per heavy atom. The lowest BCUT2D eigenvalue weighted by molar-refractivity contribution is -0.0449. The van der Waals surface area contributed by atoms with E-state index in [4.69, 9.17) is 9.84 Å². The average molecular weight is 156 g/mol. The number of rotatable bonds is 1. The van der Waals surface area contributed by atoms with E-state index in [0.717, 1.165) is 0 Å². The third-order valence-electron chi connectivity index (χ3n) is 1.53. The van der Waals surface area contributed by atoms with Crippen LogP contribution >= 0.6 is 0 Å². The smallest absolute Gasteiger partial charge is 0.0791 e. The number of ether oxygens (including phenoxy) is 1. The van der Waals surface area contributed by atoms with E-state index in [1.807, 2.05) is 26.8 Å². The van der Waals surface area contributed by atoms with E-state index >= 15 is 0 Å². The van der Waals surface area contributed by atoms with E-state index in [-0.39, 0.29) is 17.8 Å². The van der Waals surface area contributed by atoms with Gasteiger partial charge >= 0.3 is 0 Å². The van der Waals surface area contributed by atoms with Crippen LogP contribution < -0.4 is 0 Å². The normalized spacial score (nSPS) is 31.3. The lowest BCUT2D eigenvalue weighted by Gasteiger charge is -2.23. The highest BCUT2D eigenvalue weighted by molar-refractivity contribution is 5.04. The van der Waals surface area contributed by atoms with Crippen LogP contribution in [0.3, 0.4) is 0 Å². The molecular weight excluding hydrogens is 140 g/mol. The van der Waals surface area contributed by atoms with Gasteiger partial charge in [0.1, 0.15) is 0 Å². The van der Waals surface area contributed by atoms with Crippen LogP contribution in [0.4, 0.5) is 0 Å². The Hall–Kier alpha value is -0.340. The van der Waals surface area contributed by atoms with Crippen molar-refractivity contribution < 1.29 is 9.84 Å². The van der Waals surface area contributed by atoms with Crippen molar-refractivity contribution in [1.29, 1.82) is 0 Å². The van der Waals surface area contributed by atoms with Gasteiger partial charge in [-0.15, -0.1) is 0 Å². The lowest BCUT2D eigenvalue weighted by Crippen LogP contribution is -2.26. The Balaban J connectivity index is 2.36. The summed E-state index contributed by atoms with van der Waals surface area (Å²) in [4.78, 5) is 0. The molecule has 1 N–H and O–H groups in total. The molecule has 1 aliphatic carbocycles. The first-order chi connectivity index (χ1) is 4.97. The van der Waals surface area contributed by atoms with Crippen molar-refractivity contribution in [2.45, 2.75) is 45.0 Å². The summed E-state index contributed by atoms with van der Waals surface area (Å²) in [5, 5.41) is 9.13. The maximum atomic E-state index is 9.13. The Bertz CT molecular complexity index is 155. The molecule has 2 nitrogen and oxygen atoms in total. The predicted octanol–water partition coefficient (Wildman–Crippen LogP) is 1.49. The molecule has 0 saturated heterocycles. The Kier molecular flexibility index (Phi) is 2.35. The molecule has 2 atom stereocenters. The minimum absolute atomic E-state index is 0.102. The zero-order valence-electron chi connectivity index (χ0n) is 7.37. The zero-order chi connectivity index (χ0) is 8.48. The maximum absolute atomic E-state index is 9.13. The molecule has 0 spiro atoms. The molecule has 0 aromatic heterocycles. The topological polar surface area (TPSA) is 29.5 Å². The van der Waals surface area contributed by atoms with E-state index in [9.17, 15) is 0 Å². The Morgan fingerprint density at radius 1 is 1.36 bits per heavy atom. The molecule has 0 aliphatic heterocycles. The van der Waals surface area contributed by atoms with Crippen LogP contribution in [0.15, 0.2) is 12.2 Å². The number of aliphatic hydroxyl groups excluding tert-OH is 1. The fraction of sp³-hybridized carbons (Fsp3) is 0.778. The van der Waals surface area contributed by atoms with Crippen molar-refractivity contribution in [2.75, 3.05) is 0 Å². The lowest BCUT2D eigenvalue weighted by atomic mass is 10.1. The highest BCUT2D eigenvalue weighted by Gasteiger charge is 2.22. The first-order valence-electron chi connectivity index (χ1n) is 4.01. The molecule has 0 fully saturated rings. The molecule has 1 rings (SSSR count). The first kappa shape index (κ1) is 8.75. The van der Waals surface area contributed by atoms with E-state index in [1.165, 1.54) is 0 Å². The molecule has 0 bridgehead atoms. The van der Waals surface area contributed by atoms with Crippen molar-refractivity contribution in [3.8, 4) is 0 Å². The molecule has 1 aliphatic rings. The van der Waals surface area contributed by atoms with Gasteiger partial charge in [-0.3, -0.25) is 0 Å². The second-order valence-electron chi connectivity index (χ2n) is 3.96. The molecule has 0 heterocycles. The van der Waals surface area contributed by atoms with Gasteiger partial charge in [0.25, 0.3) is 0 Å². The van der Waals surface area contributed by atoms with E-state index < -0.39 is 0 Å². The molecule has 0 aromatic carbocycles. The van der Waals surface area contributed by atoms with Crippen molar-refractivity contribution >= 4 is 0 Å². The van der Waals surface area contributed by atoms with Crippen molar-refractivity contribution in [1.82, 2.24) is 0 Å². The molecule has 64 valence electrons. The number of aliphatic hydroxyl groups is 1. The van der Waals surface area contributed by atoms with Gasteiger partial charge in [-0.2, -0.15) is 0 Å². The van der Waals surface area contributed by atoms with Gasteiger partial charge in [0.15, 0.2) is 0 Å². The van der Waals surface area contributed by atoms with Gasteiger partial charge < -0.3 is 9.84 Å². The largest absolute Gasteiger partial charge is 0.389 e. The molecule has 0 saturated carbocycles. The molecule has 2 heteroatoms. The monoisotopic (exact) mass is 156 g/mol. The van der Waals surface area contributed by atoms with Crippen molar-refractivity contribution in [2.24, 2.45) is 0 Å². The summed E-state index contributed by atoms with van der Waals surface area (Å²) in [6.07, 6.45) is 4.22. The van der Waals surface area contributed by atoms with Crippen LogP contribution in [0, 0.1) is 0 Å². The summed E-state index contributed by atoms with van der Waals surface area (Å²) in [7, 11) is 0. The second kappa shape index (κ2) is 2.95. The summed E-state index contributed by atoms with van der Waals surface area (Å²) in [5.74, 6) is 0. The number of hydrogen-bond acceptors (Lipinski definition) is 2. The van der Waals surface area contributed by atoms with Crippen LogP contribution in [0.5, 0.6) is 0 Å². The van der Waals surface area contributed by atoms with E-state index in [0.29, 0.717) is 6.42 Å². The fourth-order valence-corrected chi connectivity index (χ4v) is 1.19. The Labute approximate surface area is 67.9 Å². The SMILES string of the molecule is CC(C)(C)O[C@@H]1C=C[C@H](O)C1. The summed E-state index contributed by atoms with van der Waals surface area (Å²) in [5.41, 5.74) is -0.112.